The molecule has 0 spiro atoms. The molecular formula is C28H44NO2+. The van der Waals surface area contributed by atoms with Crippen LogP contribution in [0.1, 0.15) is 57.6 Å². The first-order chi connectivity index (χ1) is 14.7. The number of nitrogens with zero attached hydrogens (tertiary/aromatic N) is 1. The highest BCUT2D eigenvalue weighted by atomic mass is 16.5. The third kappa shape index (κ3) is 10.3. The van der Waals surface area contributed by atoms with Crippen molar-refractivity contribution in [3.05, 3.63) is 65.7 Å². The second-order valence-electron chi connectivity index (χ2n) is 10.3. The number of hydrogen-bond donors (Lipinski definition) is 0. The Morgan fingerprint density at radius 1 is 0.742 bits per heavy atom. The third-order valence-electron chi connectivity index (χ3n) is 5.65. The maximum atomic E-state index is 5.90. The molecule has 0 radical (unpaired) electrons. The van der Waals surface area contributed by atoms with E-state index in [1.807, 2.05) is 0 Å². The SMILES string of the molecule is CC(C)CC(CC(C)C)c1ccc(OCCOCC[N+](C)(C)Cc2ccccc2)cc1. The third-order valence-corrected chi connectivity index (χ3v) is 5.65. The molecule has 2 aromatic carbocycles. The van der Waals surface area contributed by atoms with Crippen molar-refractivity contribution in [1.82, 2.24) is 0 Å². The molecule has 0 aliphatic carbocycles. The van der Waals surface area contributed by atoms with Crippen molar-refractivity contribution in [2.75, 3.05) is 40.5 Å². The van der Waals surface area contributed by atoms with Crippen LogP contribution in [0.15, 0.2) is 54.6 Å². The highest BCUT2D eigenvalue weighted by Gasteiger charge is 2.16. The molecule has 0 atom stereocenters. The lowest BCUT2D eigenvalue weighted by Gasteiger charge is -2.29. The largest absolute Gasteiger partial charge is 0.491 e. The Hall–Kier alpha value is -1.84. The van der Waals surface area contributed by atoms with Gasteiger partial charge in [0.2, 0.25) is 0 Å². The Bertz CT molecular complexity index is 712. The second-order valence-corrected chi connectivity index (χ2v) is 10.3. The van der Waals surface area contributed by atoms with Crippen LogP contribution in [0.3, 0.4) is 0 Å². The minimum Gasteiger partial charge on any atom is -0.491 e. The van der Waals surface area contributed by atoms with Gasteiger partial charge in [0.05, 0.1) is 27.3 Å². The molecule has 31 heavy (non-hydrogen) atoms. The van der Waals surface area contributed by atoms with Gasteiger partial charge in [0.15, 0.2) is 0 Å². The van der Waals surface area contributed by atoms with Crippen LogP contribution in [0.4, 0.5) is 0 Å². The van der Waals surface area contributed by atoms with Gasteiger partial charge in [-0.2, -0.15) is 0 Å². The van der Waals surface area contributed by atoms with E-state index in [0.29, 0.717) is 31.0 Å². The summed E-state index contributed by atoms with van der Waals surface area (Å²) in [5.74, 6) is 3.00. The van der Waals surface area contributed by atoms with E-state index in [-0.39, 0.29) is 0 Å². The molecule has 0 aliphatic heterocycles. The number of ether oxygens (including phenoxy) is 2. The Kier molecular flexibility index (Phi) is 10.6. The molecule has 0 heterocycles. The minimum atomic E-state index is 0.590. The highest BCUT2D eigenvalue weighted by molar-refractivity contribution is 5.29. The van der Waals surface area contributed by atoms with E-state index in [1.54, 1.807) is 0 Å². The Balaban J connectivity index is 1.69. The van der Waals surface area contributed by atoms with Gasteiger partial charge in [0, 0.05) is 5.56 Å². The van der Waals surface area contributed by atoms with Gasteiger partial charge in [-0.1, -0.05) is 70.2 Å². The molecule has 0 N–H and O–H groups in total. The van der Waals surface area contributed by atoms with Gasteiger partial charge < -0.3 is 14.0 Å². The zero-order valence-electron chi connectivity index (χ0n) is 20.6. The van der Waals surface area contributed by atoms with Crippen molar-refractivity contribution in [2.45, 2.75) is 53.0 Å². The van der Waals surface area contributed by atoms with Crippen molar-refractivity contribution >= 4 is 0 Å². The number of quaternary nitrogens is 1. The van der Waals surface area contributed by atoms with Crippen LogP contribution in [0.2, 0.25) is 0 Å². The normalized spacial score (nSPS) is 12.2. The van der Waals surface area contributed by atoms with E-state index in [2.05, 4.69) is 96.4 Å². The van der Waals surface area contributed by atoms with Gasteiger partial charge >= 0.3 is 0 Å². The van der Waals surface area contributed by atoms with E-state index < -0.39 is 0 Å². The lowest BCUT2D eigenvalue weighted by atomic mass is 9.84. The molecule has 3 nitrogen and oxygen atoms in total. The molecule has 3 heteroatoms. The summed E-state index contributed by atoms with van der Waals surface area (Å²) in [7, 11) is 4.50. The summed E-state index contributed by atoms with van der Waals surface area (Å²) in [5.41, 5.74) is 2.80. The molecule has 172 valence electrons. The van der Waals surface area contributed by atoms with E-state index >= 15 is 0 Å². The van der Waals surface area contributed by atoms with Crippen LogP contribution >= 0.6 is 0 Å². The van der Waals surface area contributed by atoms with E-state index in [0.717, 1.165) is 29.9 Å². The Morgan fingerprint density at radius 2 is 1.35 bits per heavy atom. The fraction of sp³-hybridized carbons (Fsp3) is 0.571. The molecule has 0 bridgehead atoms. The number of likely N-dealkylation sites (N-methyl/N-ethyl adjacent to an activating group) is 1. The lowest BCUT2D eigenvalue weighted by Crippen LogP contribution is -2.41. The van der Waals surface area contributed by atoms with Crippen LogP contribution in [0.5, 0.6) is 5.75 Å². The van der Waals surface area contributed by atoms with Crippen molar-refractivity contribution in [1.29, 1.82) is 0 Å². The van der Waals surface area contributed by atoms with E-state index in [9.17, 15) is 0 Å². The predicted molar refractivity (Wildman–Crippen MR) is 132 cm³/mol. The van der Waals surface area contributed by atoms with Gasteiger partial charge in [-0.05, 0) is 48.3 Å². The standard InChI is InChI=1S/C28H44NO2/c1-23(2)20-27(21-24(3)4)26-12-14-28(15-13-26)31-19-18-30-17-16-29(5,6)22-25-10-8-7-9-11-25/h7-15,23-24,27H,16-22H2,1-6H3/q+1. The maximum Gasteiger partial charge on any atom is 0.119 e. The summed E-state index contributed by atoms with van der Waals surface area (Å²) in [5, 5.41) is 0. The molecule has 0 saturated carbocycles. The number of benzene rings is 2. The van der Waals surface area contributed by atoms with Crippen LogP contribution in [0.25, 0.3) is 0 Å². The summed E-state index contributed by atoms with van der Waals surface area (Å²) < 4.78 is 12.7. The zero-order valence-corrected chi connectivity index (χ0v) is 20.6. The van der Waals surface area contributed by atoms with Crippen molar-refractivity contribution in [3.8, 4) is 5.75 Å². The fourth-order valence-electron chi connectivity index (χ4n) is 4.13. The molecular weight excluding hydrogens is 382 g/mol. The molecule has 0 aliphatic rings. The molecule has 0 saturated heterocycles. The predicted octanol–water partition coefficient (Wildman–Crippen LogP) is 6.53. The molecule has 2 rings (SSSR count). The van der Waals surface area contributed by atoms with Gasteiger partial charge in [-0.3, -0.25) is 0 Å². The lowest BCUT2D eigenvalue weighted by molar-refractivity contribution is -0.904. The van der Waals surface area contributed by atoms with Crippen LogP contribution in [0, 0.1) is 11.8 Å². The number of hydrogen-bond acceptors (Lipinski definition) is 2. The first kappa shape index (κ1) is 25.4. The van der Waals surface area contributed by atoms with Crippen LogP contribution in [-0.2, 0) is 11.3 Å². The van der Waals surface area contributed by atoms with Crippen LogP contribution < -0.4 is 4.74 Å². The van der Waals surface area contributed by atoms with E-state index in [1.165, 1.54) is 24.0 Å². The Labute approximate surface area is 191 Å². The molecule has 0 amide bonds. The van der Waals surface area contributed by atoms with Gasteiger partial charge in [-0.15, -0.1) is 0 Å². The van der Waals surface area contributed by atoms with Crippen molar-refractivity contribution in [3.63, 3.8) is 0 Å². The summed E-state index contributed by atoms with van der Waals surface area (Å²) in [6.45, 7) is 13.2. The highest BCUT2D eigenvalue weighted by Crippen LogP contribution is 2.31. The topological polar surface area (TPSA) is 18.5 Å². The molecule has 0 aromatic heterocycles. The van der Waals surface area contributed by atoms with Crippen molar-refractivity contribution < 1.29 is 14.0 Å². The fourth-order valence-corrected chi connectivity index (χ4v) is 4.13. The first-order valence-corrected chi connectivity index (χ1v) is 11.9. The summed E-state index contributed by atoms with van der Waals surface area (Å²) in [6, 6.07) is 19.4. The van der Waals surface area contributed by atoms with Gasteiger partial charge in [0.1, 0.15) is 25.4 Å². The summed E-state index contributed by atoms with van der Waals surface area (Å²) >= 11 is 0. The minimum absolute atomic E-state index is 0.590. The average molecular weight is 427 g/mol. The molecule has 0 unspecified atom stereocenters. The number of rotatable bonds is 14. The van der Waals surface area contributed by atoms with Crippen molar-refractivity contribution in [2.24, 2.45) is 11.8 Å². The van der Waals surface area contributed by atoms with E-state index in [4.69, 9.17) is 9.47 Å². The molecule has 2 aromatic rings. The first-order valence-electron chi connectivity index (χ1n) is 11.9. The van der Waals surface area contributed by atoms with Gasteiger partial charge in [0.25, 0.3) is 0 Å². The quantitative estimate of drug-likeness (QED) is 0.252. The zero-order chi connectivity index (χ0) is 22.7. The molecule has 0 fully saturated rings. The maximum absolute atomic E-state index is 5.90. The summed E-state index contributed by atoms with van der Waals surface area (Å²) in [6.07, 6.45) is 2.48. The van der Waals surface area contributed by atoms with Crippen LogP contribution in [-0.4, -0.2) is 44.9 Å². The Morgan fingerprint density at radius 3 is 1.94 bits per heavy atom. The second kappa shape index (κ2) is 12.9. The van der Waals surface area contributed by atoms with Gasteiger partial charge in [-0.25, -0.2) is 0 Å². The smallest absolute Gasteiger partial charge is 0.119 e. The monoisotopic (exact) mass is 426 g/mol. The average Bonchev–Trinajstić information content (AvgIpc) is 2.70. The summed E-state index contributed by atoms with van der Waals surface area (Å²) in [4.78, 5) is 0.